The van der Waals surface area contributed by atoms with E-state index >= 15 is 0 Å². The van der Waals surface area contributed by atoms with Crippen molar-refractivity contribution in [2.45, 2.75) is 19.8 Å². The van der Waals surface area contributed by atoms with E-state index in [0.29, 0.717) is 17.2 Å². The Hall–Kier alpha value is -1.56. The molecule has 1 aromatic heterocycles. The lowest BCUT2D eigenvalue weighted by Gasteiger charge is -2.05. The number of primary amides is 1. The molecule has 0 bridgehead atoms. The Morgan fingerprint density at radius 2 is 2.31 bits per heavy atom. The molecule has 1 heterocycles. The van der Waals surface area contributed by atoms with Crippen molar-refractivity contribution < 1.29 is 14.3 Å². The fourth-order valence-corrected chi connectivity index (χ4v) is 1.82. The number of hydrogen-bond donors (Lipinski definition) is 2. The first-order valence-electron chi connectivity index (χ1n) is 4.96. The third-order valence-corrected chi connectivity index (χ3v) is 2.71. The molecule has 5 nitrogen and oxygen atoms in total. The highest BCUT2D eigenvalue weighted by Crippen LogP contribution is 2.22. The van der Waals surface area contributed by atoms with Crippen LogP contribution in [0.4, 0.5) is 9.80 Å². The van der Waals surface area contributed by atoms with E-state index < -0.39 is 12.0 Å². The molecule has 0 aliphatic carbocycles. The van der Waals surface area contributed by atoms with Crippen LogP contribution >= 0.6 is 11.3 Å². The maximum Gasteiger partial charge on any atom is 0.412 e. The van der Waals surface area contributed by atoms with Gasteiger partial charge in [-0.1, -0.05) is 13.3 Å². The molecule has 0 saturated heterocycles. The Kier molecular flexibility index (Phi) is 4.78. The average Bonchev–Trinajstić information content (AvgIpc) is 2.66. The summed E-state index contributed by atoms with van der Waals surface area (Å²) in [5, 5.41) is 4.59. The minimum Gasteiger partial charge on any atom is -0.449 e. The number of carbonyl (C=O) groups excluding carboxylic acids is 2. The Balaban J connectivity index is 2.49. The molecule has 0 atom stereocenters. The third-order valence-electron chi connectivity index (χ3n) is 1.88. The number of hydrogen-bond acceptors (Lipinski definition) is 4. The van der Waals surface area contributed by atoms with Crippen molar-refractivity contribution >= 4 is 28.3 Å². The fourth-order valence-electron chi connectivity index (χ4n) is 1.04. The summed E-state index contributed by atoms with van der Waals surface area (Å²) in [6.45, 7) is 2.38. The molecule has 0 aliphatic heterocycles. The predicted octanol–water partition coefficient (Wildman–Crippen LogP) is 2.20. The van der Waals surface area contributed by atoms with Gasteiger partial charge in [0.25, 0.3) is 5.91 Å². The van der Waals surface area contributed by atoms with Gasteiger partial charge in [-0.15, -0.1) is 11.3 Å². The summed E-state index contributed by atoms with van der Waals surface area (Å²) in [5.74, 6) is -0.565. The molecule has 16 heavy (non-hydrogen) atoms. The number of amides is 2. The molecule has 0 aromatic carbocycles. The summed E-state index contributed by atoms with van der Waals surface area (Å²) in [4.78, 5) is 22.2. The molecule has 2 amide bonds. The van der Waals surface area contributed by atoms with Crippen LogP contribution in [0.1, 0.15) is 30.1 Å². The van der Waals surface area contributed by atoms with Crippen LogP contribution in [-0.2, 0) is 4.74 Å². The molecular weight excluding hydrogens is 228 g/mol. The molecule has 1 aromatic rings. The molecule has 0 spiro atoms. The van der Waals surface area contributed by atoms with E-state index in [2.05, 4.69) is 5.32 Å². The molecule has 0 aliphatic rings. The molecule has 0 saturated carbocycles. The van der Waals surface area contributed by atoms with Gasteiger partial charge in [-0.05, 0) is 17.9 Å². The van der Waals surface area contributed by atoms with Crippen LogP contribution in [0.25, 0.3) is 0 Å². The van der Waals surface area contributed by atoms with Gasteiger partial charge in [0, 0.05) is 0 Å². The minimum absolute atomic E-state index is 0.303. The molecule has 88 valence electrons. The Morgan fingerprint density at radius 3 is 2.94 bits per heavy atom. The van der Waals surface area contributed by atoms with Crippen molar-refractivity contribution in [3.63, 3.8) is 0 Å². The first-order chi connectivity index (χ1) is 7.65. The number of unbranched alkanes of at least 4 members (excludes halogenated alkanes) is 1. The first kappa shape index (κ1) is 12.5. The van der Waals surface area contributed by atoms with E-state index in [9.17, 15) is 9.59 Å². The maximum absolute atomic E-state index is 11.3. The summed E-state index contributed by atoms with van der Waals surface area (Å²) in [7, 11) is 0. The molecule has 0 radical (unpaired) electrons. The quantitative estimate of drug-likeness (QED) is 0.776. The number of carbonyl (C=O) groups is 2. The average molecular weight is 242 g/mol. The number of rotatable bonds is 5. The summed E-state index contributed by atoms with van der Waals surface area (Å²) in [6, 6.07) is 1.56. The van der Waals surface area contributed by atoms with Crippen molar-refractivity contribution in [2.75, 3.05) is 11.9 Å². The number of nitrogens with two attached hydrogens (primary N) is 1. The van der Waals surface area contributed by atoms with Gasteiger partial charge in [-0.2, -0.15) is 0 Å². The van der Waals surface area contributed by atoms with E-state index in [-0.39, 0.29) is 0 Å². The summed E-state index contributed by atoms with van der Waals surface area (Å²) in [6.07, 6.45) is 1.22. The maximum atomic E-state index is 11.3. The fraction of sp³-hybridized carbons (Fsp3) is 0.400. The van der Waals surface area contributed by atoms with Gasteiger partial charge >= 0.3 is 6.09 Å². The van der Waals surface area contributed by atoms with Gasteiger partial charge in [-0.3, -0.25) is 10.1 Å². The number of anilines is 1. The van der Waals surface area contributed by atoms with Gasteiger partial charge in [0.1, 0.15) is 5.00 Å². The standard InChI is InChI=1S/C10H14N2O3S/c1-2-3-5-15-10(14)12-9-7(8(11)13)4-6-16-9/h4,6H,2-3,5H2,1H3,(H2,11,13)(H,12,14). The van der Waals surface area contributed by atoms with E-state index in [1.807, 2.05) is 6.92 Å². The second-order valence-corrected chi connectivity index (χ2v) is 4.06. The second kappa shape index (κ2) is 6.12. The Labute approximate surface area is 97.6 Å². The minimum atomic E-state index is -0.565. The topological polar surface area (TPSA) is 81.4 Å². The molecule has 0 fully saturated rings. The lowest BCUT2D eigenvalue weighted by atomic mass is 10.3. The zero-order valence-electron chi connectivity index (χ0n) is 8.99. The molecule has 0 unspecified atom stereocenters. The summed E-state index contributed by atoms with van der Waals surface area (Å²) in [5.41, 5.74) is 5.44. The third kappa shape index (κ3) is 3.54. The van der Waals surface area contributed by atoms with Gasteiger partial charge in [0.15, 0.2) is 0 Å². The lowest BCUT2D eigenvalue weighted by Crippen LogP contribution is -2.17. The van der Waals surface area contributed by atoms with Crippen LogP contribution < -0.4 is 11.1 Å². The zero-order chi connectivity index (χ0) is 12.0. The highest BCUT2D eigenvalue weighted by molar-refractivity contribution is 7.14. The van der Waals surface area contributed by atoms with E-state index in [4.69, 9.17) is 10.5 Å². The SMILES string of the molecule is CCCCOC(=O)Nc1sccc1C(N)=O. The largest absolute Gasteiger partial charge is 0.449 e. The van der Waals surface area contributed by atoms with Gasteiger partial charge in [0.05, 0.1) is 12.2 Å². The number of ether oxygens (including phenoxy) is 1. The predicted molar refractivity (Wildman–Crippen MR) is 62.7 cm³/mol. The lowest BCUT2D eigenvalue weighted by molar-refractivity contribution is 0.100. The van der Waals surface area contributed by atoms with Crippen LogP contribution in [0.2, 0.25) is 0 Å². The van der Waals surface area contributed by atoms with Gasteiger partial charge in [0.2, 0.25) is 0 Å². The molecule has 1 rings (SSSR count). The Morgan fingerprint density at radius 1 is 1.56 bits per heavy atom. The second-order valence-electron chi connectivity index (χ2n) is 3.14. The normalized spacial score (nSPS) is 9.81. The van der Waals surface area contributed by atoms with Crippen molar-refractivity contribution in [1.82, 2.24) is 0 Å². The van der Waals surface area contributed by atoms with Crippen molar-refractivity contribution in [3.05, 3.63) is 17.0 Å². The summed E-state index contributed by atoms with van der Waals surface area (Å²) < 4.78 is 4.89. The van der Waals surface area contributed by atoms with Gasteiger partial charge < -0.3 is 10.5 Å². The zero-order valence-corrected chi connectivity index (χ0v) is 9.80. The van der Waals surface area contributed by atoms with Crippen LogP contribution in [0.3, 0.4) is 0 Å². The van der Waals surface area contributed by atoms with Gasteiger partial charge in [-0.25, -0.2) is 4.79 Å². The van der Waals surface area contributed by atoms with Crippen LogP contribution in [0.5, 0.6) is 0 Å². The van der Waals surface area contributed by atoms with Crippen LogP contribution in [0.15, 0.2) is 11.4 Å². The highest BCUT2D eigenvalue weighted by atomic mass is 32.1. The van der Waals surface area contributed by atoms with Crippen molar-refractivity contribution in [3.8, 4) is 0 Å². The van der Waals surface area contributed by atoms with E-state index in [0.717, 1.165) is 12.8 Å². The molecule has 6 heteroatoms. The summed E-state index contributed by atoms with van der Waals surface area (Å²) >= 11 is 1.23. The van der Waals surface area contributed by atoms with Crippen molar-refractivity contribution in [1.29, 1.82) is 0 Å². The molecular formula is C10H14N2O3S. The smallest absolute Gasteiger partial charge is 0.412 e. The first-order valence-corrected chi connectivity index (χ1v) is 5.84. The molecule has 3 N–H and O–H groups in total. The monoisotopic (exact) mass is 242 g/mol. The highest BCUT2D eigenvalue weighted by Gasteiger charge is 2.12. The van der Waals surface area contributed by atoms with E-state index in [1.54, 1.807) is 11.4 Å². The van der Waals surface area contributed by atoms with Crippen molar-refractivity contribution in [2.24, 2.45) is 5.73 Å². The Bertz CT molecular complexity index is 376. The van der Waals surface area contributed by atoms with E-state index in [1.165, 1.54) is 11.3 Å². The van der Waals surface area contributed by atoms with Crippen LogP contribution in [0, 0.1) is 0 Å². The number of thiophene rings is 1. The van der Waals surface area contributed by atoms with Crippen LogP contribution in [-0.4, -0.2) is 18.6 Å². The number of nitrogens with one attached hydrogen (secondary N) is 1.